The van der Waals surface area contributed by atoms with Crippen molar-refractivity contribution in [3.05, 3.63) is 33.8 Å². The molecule has 5 heteroatoms. The molecule has 0 aromatic heterocycles. The first-order valence-electron chi connectivity index (χ1n) is 5.63. The Bertz CT molecular complexity index is 608. The maximum absolute atomic E-state index is 11.2. The Kier molecular flexibility index (Phi) is 4.10. The Hall–Kier alpha value is -1.68. The molecule has 4 nitrogen and oxygen atoms in total. The van der Waals surface area contributed by atoms with Gasteiger partial charge in [0, 0.05) is 22.9 Å². The van der Waals surface area contributed by atoms with Gasteiger partial charge in [0.05, 0.1) is 31.1 Å². The molecule has 0 amide bonds. The summed E-state index contributed by atoms with van der Waals surface area (Å²) in [6, 6.07) is 5.49. The molecule has 0 aliphatic carbocycles. The van der Waals surface area contributed by atoms with Crippen LogP contribution >= 0.6 is 11.6 Å². The lowest BCUT2D eigenvalue weighted by atomic mass is 10.1. The summed E-state index contributed by atoms with van der Waals surface area (Å²) in [4.78, 5) is 19.9. The van der Waals surface area contributed by atoms with Crippen molar-refractivity contribution in [2.45, 2.75) is 12.8 Å². The first-order valence-corrected chi connectivity index (χ1v) is 6.01. The molecule has 1 heterocycles. The van der Waals surface area contributed by atoms with Crippen LogP contribution in [0.2, 0.25) is 5.02 Å². The zero-order valence-electron chi connectivity index (χ0n) is 10.0. The third-order valence-corrected chi connectivity index (χ3v) is 2.89. The van der Waals surface area contributed by atoms with E-state index in [1.165, 1.54) is 7.11 Å². The van der Waals surface area contributed by atoms with Crippen LogP contribution in [0.1, 0.15) is 12.8 Å². The highest BCUT2D eigenvalue weighted by Crippen LogP contribution is 2.09. The van der Waals surface area contributed by atoms with Gasteiger partial charge < -0.3 is 4.74 Å². The van der Waals surface area contributed by atoms with Gasteiger partial charge in [0.15, 0.2) is 0 Å². The van der Waals surface area contributed by atoms with Crippen LogP contribution in [0.5, 0.6) is 0 Å². The SMILES string of the molecule is COC(=O)CCC1=c2cc(Cl)ccc2=NCC=N1. The molecule has 0 spiro atoms. The number of rotatable bonds is 3. The largest absolute Gasteiger partial charge is 0.469 e. The lowest BCUT2D eigenvalue weighted by Gasteiger charge is -2.01. The minimum absolute atomic E-state index is 0.248. The normalized spacial score (nSPS) is 13.6. The van der Waals surface area contributed by atoms with Crippen LogP contribution in [-0.2, 0) is 9.53 Å². The minimum Gasteiger partial charge on any atom is -0.469 e. The summed E-state index contributed by atoms with van der Waals surface area (Å²) in [6.07, 6.45) is 2.56. The molecule has 0 bridgehead atoms. The van der Waals surface area contributed by atoms with Crippen LogP contribution in [0.25, 0.3) is 5.70 Å². The maximum atomic E-state index is 11.2. The number of benzene rings is 1. The van der Waals surface area contributed by atoms with E-state index in [0.717, 1.165) is 16.3 Å². The van der Waals surface area contributed by atoms with Gasteiger partial charge in [0.2, 0.25) is 0 Å². The van der Waals surface area contributed by atoms with Crippen molar-refractivity contribution in [3.8, 4) is 0 Å². The van der Waals surface area contributed by atoms with Crippen molar-refractivity contribution in [2.24, 2.45) is 9.98 Å². The molecule has 1 aromatic carbocycles. The molecule has 18 heavy (non-hydrogen) atoms. The fourth-order valence-electron chi connectivity index (χ4n) is 1.76. The van der Waals surface area contributed by atoms with Gasteiger partial charge >= 0.3 is 5.97 Å². The molecule has 0 N–H and O–H groups in total. The highest BCUT2D eigenvalue weighted by molar-refractivity contribution is 6.30. The van der Waals surface area contributed by atoms with E-state index in [9.17, 15) is 4.79 Å². The first kappa shape index (κ1) is 12.8. The molecule has 0 unspecified atom stereocenters. The molecule has 2 rings (SSSR count). The number of ether oxygens (including phenoxy) is 1. The summed E-state index contributed by atoms with van der Waals surface area (Å²) in [5.74, 6) is -0.248. The van der Waals surface area contributed by atoms with E-state index in [1.807, 2.05) is 12.1 Å². The Labute approximate surface area is 110 Å². The minimum atomic E-state index is -0.248. The van der Waals surface area contributed by atoms with Gasteiger partial charge in [-0.2, -0.15) is 0 Å². The average Bonchev–Trinajstić information content (AvgIpc) is 2.58. The number of hydrogen-bond acceptors (Lipinski definition) is 4. The van der Waals surface area contributed by atoms with Crippen LogP contribution in [0.15, 0.2) is 28.2 Å². The number of aliphatic imine (C=N–C) groups is 1. The monoisotopic (exact) mass is 264 g/mol. The van der Waals surface area contributed by atoms with Crippen LogP contribution < -0.4 is 10.6 Å². The Balaban J connectivity index is 2.43. The third-order valence-electron chi connectivity index (χ3n) is 2.65. The molecule has 0 atom stereocenters. The van der Waals surface area contributed by atoms with Gasteiger partial charge in [-0.15, -0.1) is 0 Å². The summed E-state index contributed by atoms with van der Waals surface area (Å²) >= 11 is 5.99. The molecule has 0 saturated heterocycles. The molecule has 0 radical (unpaired) electrons. The van der Waals surface area contributed by atoms with Crippen LogP contribution in [0.3, 0.4) is 0 Å². The zero-order chi connectivity index (χ0) is 13.0. The number of esters is 1. The standard InChI is InChI=1S/C13H13ClN2O2/c1-18-13(17)5-4-12-10-8-9(14)2-3-11(10)15-6-7-16-12/h2-3,7-8H,4-6H2,1H3. The van der Waals surface area contributed by atoms with E-state index in [2.05, 4.69) is 14.7 Å². The predicted octanol–water partition coefficient (Wildman–Crippen LogP) is 1.11. The summed E-state index contributed by atoms with van der Waals surface area (Å²) < 4.78 is 4.63. The summed E-state index contributed by atoms with van der Waals surface area (Å²) in [7, 11) is 1.38. The highest BCUT2D eigenvalue weighted by Gasteiger charge is 2.06. The molecule has 0 saturated carbocycles. The van der Waals surface area contributed by atoms with Crippen molar-refractivity contribution < 1.29 is 9.53 Å². The number of nitrogens with zero attached hydrogens (tertiary/aromatic N) is 2. The van der Waals surface area contributed by atoms with Crippen LogP contribution in [-0.4, -0.2) is 25.8 Å². The zero-order valence-corrected chi connectivity index (χ0v) is 10.8. The average molecular weight is 265 g/mol. The quantitative estimate of drug-likeness (QED) is 0.768. The molecular weight excluding hydrogens is 252 g/mol. The molecule has 0 fully saturated rings. The number of hydrogen-bond donors (Lipinski definition) is 0. The van der Waals surface area contributed by atoms with E-state index in [-0.39, 0.29) is 5.97 Å². The second kappa shape index (κ2) is 5.78. The number of methoxy groups -OCH3 is 1. The number of halogens is 1. The lowest BCUT2D eigenvalue weighted by molar-refractivity contribution is -0.140. The second-order valence-electron chi connectivity index (χ2n) is 3.84. The van der Waals surface area contributed by atoms with Crippen molar-refractivity contribution in [3.63, 3.8) is 0 Å². The Morgan fingerprint density at radius 2 is 2.33 bits per heavy atom. The summed E-state index contributed by atoms with van der Waals surface area (Å²) in [6.45, 7) is 0.538. The van der Waals surface area contributed by atoms with Gasteiger partial charge in [-0.1, -0.05) is 11.6 Å². The molecule has 1 aliphatic heterocycles. The Morgan fingerprint density at radius 3 is 3.11 bits per heavy atom. The fourth-order valence-corrected chi connectivity index (χ4v) is 1.93. The van der Waals surface area contributed by atoms with Crippen LogP contribution in [0, 0.1) is 0 Å². The predicted molar refractivity (Wildman–Crippen MR) is 70.3 cm³/mol. The summed E-state index contributed by atoms with van der Waals surface area (Å²) in [5.41, 5.74) is 0.819. The number of carbonyl (C=O) groups excluding carboxylic acids is 1. The van der Waals surface area contributed by atoms with Gasteiger partial charge in [-0.3, -0.25) is 14.8 Å². The fraction of sp³-hybridized carbons (Fsp3) is 0.308. The smallest absolute Gasteiger partial charge is 0.305 e. The third kappa shape index (κ3) is 2.96. The lowest BCUT2D eigenvalue weighted by Crippen LogP contribution is -2.26. The molecule has 1 aromatic rings. The maximum Gasteiger partial charge on any atom is 0.305 e. The highest BCUT2D eigenvalue weighted by atomic mass is 35.5. The van der Waals surface area contributed by atoms with Gasteiger partial charge in [-0.25, -0.2) is 0 Å². The first-order chi connectivity index (χ1) is 8.70. The molecule has 94 valence electrons. The van der Waals surface area contributed by atoms with E-state index in [4.69, 9.17) is 11.6 Å². The molecular formula is C13H13ClN2O2. The second-order valence-corrected chi connectivity index (χ2v) is 4.27. The van der Waals surface area contributed by atoms with Gasteiger partial charge in [0.25, 0.3) is 0 Å². The van der Waals surface area contributed by atoms with Crippen molar-refractivity contribution >= 4 is 29.5 Å². The van der Waals surface area contributed by atoms with E-state index in [0.29, 0.717) is 24.4 Å². The topological polar surface area (TPSA) is 51.0 Å². The van der Waals surface area contributed by atoms with Gasteiger partial charge in [-0.05, 0) is 18.2 Å². The van der Waals surface area contributed by atoms with E-state index >= 15 is 0 Å². The molecule has 1 aliphatic rings. The van der Waals surface area contributed by atoms with Crippen LogP contribution in [0.4, 0.5) is 0 Å². The number of carbonyl (C=O) groups is 1. The van der Waals surface area contributed by atoms with Crippen molar-refractivity contribution in [1.82, 2.24) is 0 Å². The Morgan fingerprint density at radius 1 is 1.50 bits per heavy atom. The van der Waals surface area contributed by atoms with Gasteiger partial charge in [0.1, 0.15) is 0 Å². The van der Waals surface area contributed by atoms with Crippen molar-refractivity contribution in [1.29, 1.82) is 0 Å². The van der Waals surface area contributed by atoms with E-state index < -0.39 is 0 Å². The van der Waals surface area contributed by atoms with E-state index in [1.54, 1.807) is 12.3 Å². The summed E-state index contributed by atoms with van der Waals surface area (Å²) in [5, 5.41) is 2.38. The van der Waals surface area contributed by atoms with Crippen molar-refractivity contribution in [2.75, 3.05) is 13.7 Å². The number of fused-ring (bicyclic) bond motifs is 1.